The number of hydrogen-bond donors (Lipinski definition) is 21. The Morgan fingerprint density at radius 1 is 0.481 bits per heavy atom. The van der Waals surface area contributed by atoms with Crippen LogP contribution in [0.1, 0.15) is 134 Å². The molecule has 15 atom stereocenters. The molecule has 0 saturated carbocycles. The number of primary amides is 3. The van der Waals surface area contributed by atoms with Crippen LogP contribution in [0.25, 0.3) is 0 Å². The van der Waals surface area contributed by atoms with Crippen LogP contribution in [0.5, 0.6) is 0 Å². The van der Waals surface area contributed by atoms with Crippen LogP contribution in [0.4, 0.5) is 0 Å². The summed E-state index contributed by atoms with van der Waals surface area (Å²) < 4.78 is 0. The second-order valence-corrected chi connectivity index (χ2v) is 26.4. The molecular weight excluding hydrogens is 1400 g/mol. The lowest BCUT2D eigenvalue weighted by Crippen LogP contribution is -2.63. The first kappa shape index (κ1) is 86.3. The molecule has 3 aliphatic rings. The SMILES string of the molecule is C[C@@H](O)[C@H](NC(=O)[C@H](CC(N)=O)NC(=O)[C@H](Cc1cnc[nH]1)NC(=O)[C@H](Cc1cnc[nH]1)NC(=O)[C@H](CO)NC(=O)[C@H](CCC(N)=O)NC(=O)[C@@H](N)CCC(N)=O)C(=O)N[C@H](C(=O)N1CCC[C@H]1C(=O)N[C@@H](CCCCN)C(=O)N[C@@H](CCCCN)C(=O)N1CCC[C@H]1C(=O)N1CCC[C@H]1C(=O)O)[C@@H](C)O. The maximum Gasteiger partial charge on any atom is 0.326 e. The van der Waals surface area contributed by atoms with Gasteiger partial charge in [0.2, 0.25) is 88.6 Å². The number of nitrogens with zero attached hydrogens (tertiary/aromatic N) is 5. The average Bonchev–Trinajstić information content (AvgIpc) is 1.66. The Labute approximate surface area is 609 Å². The van der Waals surface area contributed by atoms with Crippen molar-refractivity contribution in [1.82, 2.24) is 82.5 Å². The van der Waals surface area contributed by atoms with Crippen molar-refractivity contribution in [2.24, 2.45) is 34.4 Å². The Hall–Kier alpha value is -10.3. The molecule has 2 aromatic rings. The summed E-state index contributed by atoms with van der Waals surface area (Å²) in [5.74, 6) is -16.1. The number of unbranched alkanes of at least 4 members (excludes halogenated alkanes) is 2. The van der Waals surface area contributed by atoms with Gasteiger partial charge in [-0.05, 0) is 117 Å². The molecule has 588 valence electrons. The van der Waals surface area contributed by atoms with E-state index in [0.717, 1.165) is 18.7 Å². The van der Waals surface area contributed by atoms with Gasteiger partial charge in [0.1, 0.15) is 72.5 Å². The number of likely N-dealkylation sites (tertiary alicyclic amines) is 3. The van der Waals surface area contributed by atoms with Gasteiger partial charge < -0.3 is 127 Å². The number of aliphatic hydroxyl groups excluding tert-OH is 3. The number of aliphatic hydroxyl groups is 3. The minimum atomic E-state index is -2.05. The zero-order valence-electron chi connectivity index (χ0n) is 59.2. The number of carboxylic acids is 1. The highest BCUT2D eigenvalue weighted by Crippen LogP contribution is 2.27. The van der Waals surface area contributed by atoms with Crippen LogP contribution in [-0.4, -0.2) is 280 Å². The molecule has 3 aliphatic heterocycles. The summed E-state index contributed by atoms with van der Waals surface area (Å²) in [4.78, 5) is 234. The van der Waals surface area contributed by atoms with Crippen molar-refractivity contribution in [3.05, 3.63) is 36.4 Å². The Morgan fingerprint density at radius 3 is 1.40 bits per heavy atom. The van der Waals surface area contributed by atoms with E-state index in [4.69, 9.17) is 34.4 Å². The second kappa shape index (κ2) is 42.6. The van der Waals surface area contributed by atoms with Crippen molar-refractivity contribution in [3.63, 3.8) is 0 Å². The number of H-pyrrole nitrogens is 2. The van der Waals surface area contributed by atoms with E-state index in [1.807, 2.05) is 0 Å². The van der Waals surface area contributed by atoms with E-state index in [9.17, 15) is 97.1 Å². The predicted molar refractivity (Wildman–Crippen MR) is 369 cm³/mol. The molecular formula is C64H102N22O20. The second-order valence-electron chi connectivity index (χ2n) is 26.4. The summed E-state index contributed by atoms with van der Waals surface area (Å²) in [5, 5.41) is 64.0. The van der Waals surface area contributed by atoms with E-state index < -0.39 is 224 Å². The lowest BCUT2D eigenvalue weighted by atomic mass is 10.0. The van der Waals surface area contributed by atoms with Gasteiger partial charge in [-0.15, -0.1) is 0 Å². The minimum absolute atomic E-state index is 0.00675. The van der Waals surface area contributed by atoms with Gasteiger partial charge in [-0.1, -0.05) is 0 Å². The first-order valence-corrected chi connectivity index (χ1v) is 35.1. The molecule has 3 saturated heterocycles. The highest BCUT2D eigenvalue weighted by Gasteiger charge is 2.46. The van der Waals surface area contributed by atoms with E-state index in [-0.39, 0.29) is 95.5 Å². The van der Waals surface area contributed by atoms with Gasteiger partial charge >= 0.3 is 5.97 Å². The molecule has 27 N–H and O–H groups in total. The molecule has 0 aromatic carbocycles. The highest BCUT2D eigenvalue weighted by atomic mass is 16.4. The quantitative estimate of drug-likeness (QED) is 0.0274. The number of carbonyl (C=O) groups is 16. The number of nitrogens with one attached hydrogen (secondary N) is 11. The van der Waals surface area contributed by atoms with Crippen LogP contribution in [0.2, 0.25) is 0 Å². The van der Waals surface area contributed by atoms with E-state index in [1.165, 1.54) is 34.8 Å². The van der Waals surface area contributed by atoms with Crippen molar-refractivity contribution < 1.29 is 97.1 Å². The first-order chi connectivity index (χ1) is 50.3. The average molecular weight is 1500 g/mol. The lowest BCUT2D eigenvalue weighted by molar-refractivity contribution is -0.152. The van der Waals surface area contributed by atoms with Gasteiger partial charge in [-0.25, -0.2) is 14.8 Å². The topological polar surface area (TPSA) is 686 Å². The largest absolute Gasteiger partial charge is 0.480 e. The van der Waals surface area contributed by atoms with Crippen LogP contribution in [-0.2, 0) is 89.6 Å². The molecule has 0 spiro atoms. The summed E-state index contributed by atoms with van der Waals surface area (Å²) in [6.07, 6.45) is 1.42. The molecule has 3 fully saturated rings. The maximum atomic E-state index is 14.6. The van der Waals surface area contributed by atoms with E-state index in [0.29, 0.717) is 38.5 Å². The zero-order chi connectivity index (χ0) is 78.5. The molecule has 5 heterocycles. The number of aromatic nitrogens is 4. The minimum Gasteiger partial charge on any atom is -0.480 e. The van der Waals surface area contributed by atoms with Gasteiger partial charge in [0.15, 0.2) is 0 Å². The predicted octanol–water partition coefficient (Wildman–Crippen LogP) is -9.92. The molecule has 106 heavy (non-hydrogen) atoms. The Balaban J connectivity index is 1.31. The monoisotopic (exact) mass is 1500 g/mol. The van der Waals surface area contributed by atoms with Crippen molar-refractivity contribution in [2.75, 3.05) is 39.3 Å². The Morgan fingerprint density at radius 2 is 0.906 bits per heavy atom. The van der Waals surface area contributed by atoms with Gasteiger partial charge in [0.25, 0.3) is 0 Å². The zero-order valence-corrected chi connectivity index (χ0v) is 59.2. The molecule has 5 rings (SSSR count). The van der Waals surface area contributed by atoms with Gasteiger partial charge in [0, 0.05) is 69.1 Å². The van der Waals surface area contributed by atoms with Crippen LogP contribution < -0.4 is 82.3 Å². The fraction of sp³-hybridized carbons (Fsp3) is 0.656. The number of aromatic amines is 2. The van der Waals surface area contributed by atoms with Crippen molar-refractivity contribution in [1.29, 1.82) is 0 Å². The summed E-state index contributed by atoms with van der Waals surface area (Å²) in [5.41, 5.74) is 33.8. The highest BCUT2D eigenvalue weighted by molar-refractivity contribution is 6.01. The third kappa shape index (κ3) is 26.1. The standard InChI is InChI=1S/C64H102N22O20/c1-32(88)50(60(101)83-51(33(2)89)63(104)84-21-7-12-44(84)59(100)76-37(10-3-5-19-65)53(94)77-39(11-4-6-20-66)61(102)85-22-8-13-45(85)62(103)86-23-9-14-46(86)64(105)106)82-57(98)42(26-49(70)92)80-56(97)40(24-34-27-71-30-73-34)78-55(96)41(25-35-28-72-31-74-35)79-58(99)43(29-87)81-54(95)38(16-18-48(69)91)75-52(93)36(67)15-17-47(68)90/h27-28,30-33,36-46,50-51,87-89H,3-26,29,65-67H2,1-2H3,(H2,68,90)(H2,69,91)(H2,70,92)(H,71,73)(H,72,74)(H,75,93)(H,76,100)(H,77,94)(H,78,96)(H,79,99)(H,80,97)(H,81,95)(H,82,98)(H,83,101)(H,105,106)/t32-,33-,36+,37+,38+,39+,40+,41+,42+,43+,44+,45+,46+,50+,51+/m1/s1. The Bertz CT molecular complexity index is 3380. The van der Waals surface area contributed by atoms with Crippen LogP contribution >= 0.6 is 0 Å². The molecule has 0 bridgehead atoms. The summed E-state index contributed by atoms with van der Waals surface area (Å²) in [7, 11) is 0. The third-order valence-corrected chi connectivity index (χ3v) is 18.2. The summed E-state index contributed by atoms with van der Waals surface area (Å²) >= 11 is 0. The summed E-state index contributed by atoms with van der Waals surface area (Å²) in [6.45, 7) is 1.76. The lowest BCUT2D eigenvalue weighted by Gasteiger charge is -2.33. The third-order valence-electron chi connectivity index (χ3n) is 18.2. The fourth-order valence-corrected chi connectivity index (χ4v) is 12.4. The number of aliphatic carboxylic acids is 1. The molecule has 42 nitrogen and oxygen atoms in total. The fourth-order valence-electron chi connectivity index (χ4n) is 12.4. The number of nitrogens with two attached hydrogens (primary N) is 6. The van der Waals surface area contributed by atoms with E-state index in [2.05, 4.69) is 67.8 Å². The van der Waals surface area contributed by atoms with Crippen LogP contribution in [0, 0.1) is 0 Å². The number of amides is 15. The van der Waals surface area contributed by atoms with Gasteiger partial charge in [-0.3, -0.25) is 71.9 Å². The number of carboxylic acid groups (broad SMARTS) is 1. The van der Waals surface area contributed by atoms with Crippen LogP contribution in [0.15, 0.2) is 25.0 Å². The number of carbonyl (C=O) groups excluding carboxylic acids is 15. The number of hydrogen-bond acceptors (Lipinski definition) is 24. The van der Waals surface area contributed by atoms with Crippen molar-refractivity contribution in [2.45, 2.75) is 227 Å². The van der Waals surface area contributed by atoms with Crippen LogP contribution in [0.3, 0.4) is 0 Å². The normalized spacial score (nSPS) is 19.0. The first-order valence-electron chi connectivity index (χ1n) is 35.1. The van der Waals surface area contributed by atoms with Crippen molar-refractivity contribution in [3.8, 4) is 0 Å². The Kier molecular flexibility index (Phi) is 34.7. The smallest absolute Gasteiger partial charge is 0.326 e. The van der Waals surface area contributed by atoms with E-state index in [1.54, 1.807) is 0 Å². The van der Waals surface area contributed by atoms with E-state index >= 15 is 0 Å². The molecule has 42 heteroatoms. The molecule has 0 unspecified atom stereocenters. The number of imidazole rings is 2. The molecule has 0 radical (unpaired) electrons. The molecule has 2 aromatic heterocycles. The van der Waals surface area contributed by atoms with Gasteiger partial charge in [-0.2, -0.15) is 0 Å². The molecule has 15 amide bonds. The van der Waals surface area contributed by atoms with Gasteiger partial charge in [0.05, 0.1) is 43.9 Å². The molecule has 0 aliphatic carbocycles. The summed E-state index contributed by atoms with van der Waals surface area (Å²) in [6, 6.07) is -20.1. The number of rotatable bonds is 45. The maximum absolute atomic E-state index is 14.6. The van der Waals surface area contributed by atoms with Crippen molar-refractivity contribution >= 4 is 94.6 Å².